The molecule has 0 unspecified atom stereocenters. The second-order valence-electron chi connectivity index (χ2n) is 7.17. The van der Waals surface area contributed by atoms with Crippen LogP contribution in [0, 0.1) is 11.8 Å². The van der Waals surface area contributed by atoms with Gasteiger partial charge in [0.1, 0.15) is 0 Å². The zero-order valence-corrected chi connectivity index (χ0v) is 16.4. The van der Waals surface area contributed by atoms with E-state index in [9.17, 15) is 0 Å². The zero-order valence-electron chi connectivity index (χ0n) is 14.8. The molecule has 0 N–H and O–H groups in total. The molecule has 3 rings (SSSR count). The van der Waals surface area contributed by atoms with Gasteiger partial charge in [-0.1, -0.05) is 65.7 Å². The molecule has 1 fully saturated rings. The number of hydrogen-bond acceptors (Lipinski definition) is 0. The smallest absolute Gasteiger partial charge is 0.0598 e. The highest BCUT2D eigenvalue weighted by molar-refractivity contribution is 6.42. The average molecular weight is 373 g/mol. The van der Waals surface area contributed by atoms with Crippen LogP contribution >= 0.6 is 23.2 Å². The van der Waals surface area contributed by atoms with Crippen LogP contribution in [0.3, 0.4) is 0 Å². The Morgan fingerprint density at radius 3 is 2.20 bits per heavy atom. The molecular formula is C23H26Cl2. The molecule has 0 amide bonds. The molecule has 25 heavy (non-hydrogen) atoms. The first kappa shape index (κ1) is 18.5. The van der Waals surface area contributed by atoms with Crippen molar-refractivity contribution in [1.82, 2.24) is 0 Å². The Balaban J connectivity index is 1.54. The maximum Gasteiger partial charge on any atom is 0.0598 e. The van der Waals surface area contributed by atoms with Gasteiger partial charge in [0, 0.05) is 0 Å². The maximum atomic E-state index is 6.12. The summed E-state index contributed by atoms with van der Waals surface area (Å²) in [6.45, 7) is 2.13. The summed E-state index contributed by atoms with van der Waals surface area (Å²) in [4.78, 5) is 0. The topological polar surface area (TPSA) is 0 Å². The van der Waals surface area contributed by atoms with Gasteiger partial charge < -0.3 is 0 Å². The van der Waals surface area contributed by atoms with Crippen molar-refractivity contribution in [3.63, 3.8) is 0 Å². The van der Waals surface area contributed by atoms with Crippen LogP contribution in [-0.2, 0) is 6.42 Å². The van der Waals surface area contributed by atoms with Crippen LogP contribution in [0.4, 0.5) is 0 Å². The molecule has 0 radical (unpaired) electrons. The number of allylic oxidation sites excluding steroid dienone is 2. The molecule has 2 aromatic carbocycles. The lowest BCUT2D eigenvalue weighted by atomic mass is 9.79. The van der Waals surface area contributed by atoms with Crippen molar-refractivity contribution in [2.75, 3.05) is 0 Å². The Labute approximate surface area is 161 Å². The number of aryl methyl sites for hydroxylation is 1. The molecule has 0 saturated heterocycles. The Bertz CT molecular complexity index is 707. The minimum absolute atomic E-state index is 0.603. The Kier molecular flexibility index (Phi) is 6.62. The quantitative estimate of drug-likeness (QED) is 0.466. The van der Waals surface area contributed by atoms with Gasteiger partial charge in [0.05, 0.1) is 10.0 Å². The number of benzene rings is 2. The molecule has 0 spiro atoms. The molecular weight excluding hydrogens is 347 g/mol. The minimum Gasteiger partial charge on any atom is -0.0914 e. The summed E-state index contributed by atoms with van der Waals surface area (Å²) in [7, 11) is 0. The Morgan fingerprint density at radius 2 is 1.56 bits per heavy atom. The van der Waals surface area contributed by atoms with E-state index in [0.29, 0.717) is 10.0 Å². The van der Waals surface area contributed by atoms with Crippen LogP contribution in [0.1, 0.15) is 44.6 Å². The third kappa shape index (κ3) is 5.12. The fourth-order valence-electron chi connectivity index (χ4n) is 3.85. The maximum absolute atomic E-state index is 6.12. The van der Waals surface area contributed by atoms with Crippen molar-refractivity contribution >= 4 is 23.2 Å². The highest BCUT2D eigenvalue weighted by Gasteiger charge is 2.19. The lowest BCUT2D eigenvalue weighted by Gasteiger charge is -2.26. The van der Waals surface area contributed by atoms with Crippen molar-refractivity contribution in [1.29, 1.82) is 0 Å². The van der Waals surface area contributed by atoms with Crippen LogP contribution in [-0.4, -0.2) is 0 Å². The van der Waals surface area contributed by atoms with Gasteiger partial charge in [-0.2, -0.15) is 0 Å². The number of hydrogen-bond donors (Lipinski definition) is 0. The van der Waals surface area contributed by atoms with Crippen molar-refractivity contribution < 1.29 is 0 Å². The predicted molar refractivity (Wildman–Crippen MR) is 110 cm³/mol. The summed E-state index contributed by atoms with van der Waals surface area (Å²) in [6.07, 6.45) is 12.6. The summed E-state index contributed by atoms with van der Waals surface area (Å²) in [6, 6.07) is 14.7. The molecule has 1 aliphatic carbocycles. The summed E-state index contributed by atoms with van der Waals surface area (Å²) in [5, 5.41) is 1.21. The van der Waals surface area contributed by atoms with E-state index in [2.05, 4.69) is 43.3 Å². The lowest BCUT2D eigenvalue weighted by molar-refractivity contribution is 0.296. The standard InChI is InChI=1S/C23H26Cl2/c1-2-3-17-4-6-18(7-5-17)8-9-19-10-12-20(13-11-19)21-14-15-22(24)23(25)16-21/h2-3,10-18H,4-9H2,1H3/b3-2+. The molecule has 0 heterocycles. The zero-order chi connectivity index (χ0) is 17.6. The molecule has 0 bridgehead atoms. The van der Waals surface area contributed by atoms with Crippen LogP contribution in [0.15, 0.2) is 54.6 Å². The number of rotatable bonds is 5. The van der Waals surface area contributed by atoms with E-state index in [1.807, 2.05) is 18.2 Å². The summed E-state index contributed by atoms with van der Waals surface area (Å²) >= 11 is 12.1. The summed E-state index contributed by atoms with van der Waals surface area (Å²) < 4.78 is 0. The van der Waals surface area contributed by atoms with Crippen LogP contribution in [0.2, 0.25) is 10.0 Å². The van der Waals surface area contributed by atoms with Gasteiger partial charge in [0.2, 0.25) is 0 Å². The van der Waals surface area contributed by atoms with Gasteiger partial charge in [0.15, 0.2) is 0 Å². The van der Waals surface area contributed by atoms with Crippen molar-refractivity contribution in [2.24, 2.45) is 11.8 Å². The third-order valence-corrected chi connectivity index (χ3v) is 6.14. The summed E-state index contributed by atoms with van der Waals surface area (Å²) in [5.74, 6) is 1.72. The van der Waals surface area contributed by atoms with E-state index in [-0.39, 0.29) is 0 Å². The molecule has 2 aromatic rings. The lowest BCUT2D eigenvalue weighted by Crippen LogP contribution is -2.13. The first-order chi connectivity index (χ1) is 12.2. The summed E-state index contributed by atoms with van der Waals surface area (Å²) in [5.41, 5.74) is 3.73. The van der Waals surface area contributed by atoms with Gasteiger partial charge in [-0.15, -0.1) is 0 Å². The monoisotopic (exact) mass is 372 g/mol. The van der Waals surface area contributed by atoms with E-state index in [0.717, 1.165) is 17.4 Å². The third-order valence-electron chi connectivity index (χ3n) is 5.40. The molecule has 0 atom stereocenters. The molecule has 2 heteroatoms. The highest BCUT2D eigenvalue weighted by Crippen LogP contribution is 2.33. The van der Waals surface area contributed by atoms with Gasteiger partial charge in [-0.3, -0.25) is 0 Å². The van der Waals surface area contributed by atoms with E-state index < -0.39 is 0 Å². The molecule has 1 aliphatic rings. The van der Waals surface area contributed by atoms with Gasteiger partial charge in [0.25, 0.3) is 0 Å². The average Bonchev–Trinajstić information content (AvgIpc) is 2.64. The first-order valence-electron chi connectivity index (χ1n) is 9.33. The molecule has 0 aliphatic heterocycles. The first-order valence-corrected chi connectivity index (χ1v) is 10.1. The fraction of sp³-hybridized carbons (Fsp3) is 0.391. The molecule has 0 nitrogen and oxygen atoms in total. The normalized spacial score (nSPS) is 20.9. The highest BCUT2D eigenvalue weighted by atomic mass is 35.5. The van der Waals surface area contributed by atoms with E-state index >= 15 is 0 Å². The van der Waals surface area contributed by atoms with Crippen molar-refractivity contribution in [3.05, 3.63) is 70.2 Å². The van der Waals surface area contributed by atoms with Gasteiger partial charge in [-0.25, -0.2) is 0 Å². The largest absolute Gasteiger partial charge is 0.0914 e. The minimum atomic E-state index is 0.603. The Morgan fingerprint density at radius 1 is 0.880 bits per heavy atom. The van der Waals surface area contributed by atoms with Crippen molar-refractivity contribution in [3.8, 4) is 11.1 Å². The fourth-order valence-corrected chi connectivity index (χ4v) is 4.15. The SMILES string of the molecule is C/C=C/C1CCC(CCc2ccc(-c3ccc(Cl)c(Cl)c3)cc2)CC1. The second kappa shape index (κ2) is 8.92. The van der Waals surface area contributed by atoms with E-state index in [4.69, 9.17) is 23.2 Å². The van der Waals surface area contributed by atoms with Gasteiger partial charge >= 0.3 is 0 Å². The Hall–Kier alpha value is -1.24. The predicted octanol–water partition coefficient (Wildman–Crippen LogP) is 7.98. The second-order valence-corrected chi connectivity index (χ2v) is 7.99. The van der Waals surface area contributed by atoms with E-state index in [1.165, 1.54) is 49.7 Å². The molecule has 132 valence electrons. The van der Waals surface area contributed by atoms with Crippen LogP contribution < -0.4 is 0 Å². The van der Waals surface area contributed by atoms with Crippen LogP contribution in [0.25, 0.3) is 11.1 Å². The van der Waals surface area contributed by atoms with Crippen molar-refractivity contribution in [2.45, 2.75) is 45.4 Å². The molecule has 1 saturated carbocycles. The van der Waals surface area contributed by atoms with Gasteiger partial charge in [-0.05, 0) is 86.1 Å². The van der Waals surface area contributed by atoms with Crippen LogP contribution in [0.5, 0.6) is 0 Å². The molecule has 0 aromatic heterocycles. The number of halogens is 2. The van der Waals surface area contributed by atoms with E-state index in [1.54, 1.807) is 0 Å².